The molecule has 37 heavy (non-hydrogen) atoms. The molecule has 0 aliphatic carbocycles. The lowest BCUT2D eigenvalue weighted by atomic mass is 9.96. The molecule has 1 saturated heterocycles. The molecule has 2 N–H and O–H groups in total. The van der Waals surface area contributed by atoms with Crippen molar-refractivity contribution in [3.63, 3.8) is 0 Å². The molecule has 0 bridgehead atoms. The highest BCUT2D eigenvalue weighted by Gasteiger charge is 2.27. The Balaban J connectivity index is 1.22. The standard InChI is InChI=1S/C29H27N5OS2/c30-19-23(28-31-24-13-7-8-14-25(24)32-28)26(35)20-37-29(36)34-17-15-33(16-18-34)27(21-9-3-1-4-10-21)22-11-5-2-6-12-22/h1-14,27,35H,15-18,20H2,(H,31,32)/b26-23+. The summed E-state index contributed by atoms with van der Waals surface area (Å²) in [5.41, 5.74) is 4.28. The van der Waals surface area contributed by atoms with Gasteiger partial charge in [-0.15, -0.1) is 0 Å². The van der Waals surface area contributed by atoms with E-state index in [2.05, 4.69) is 86.5 Å². The van der Waals surface area contributed by atoms with Gasteiger partial charge < -0.3 is 15.0 Å². The highest BCUT2D eigenvalue weighted by molar-refractivity contribution is 8.23. The number of allylic oxidation sites excluding steroid dienone is 1. The highest BCUT2D eigenvalue weighted by atomic mass is 32.2. The first-order chi connectivity index (χ1) is 18.1. The fourth-order valence-corrected chi connectivity index (χ4v) is 5.80. The lowest BCUT2D eigenvalue weighted by Gasteiger charge is -2.40. The molecule has 1 aliphatic rings. The molecule has 0 amide bonds. The van der Waals surface area contributed by atoms with E-state index in [1.807, 2.05) is 24.3 Å². The number of para-hydroxylation sites is 2. The van der Waals surface area contributed by atoms with Crippen molar-refractivity contribution in [2.45, 2.75) is 6.04 Å². The number of nitrogens with one attached hydrogen (secondary N) is 1. The third-order valence-corrected chi connectivity index (χ3v) is 8.06. The number of aliphatic hydroxyl groups excluding tert-OH is 1. The Kier molecular flexibility index (Phi) is 7.85. The van der Waals surface area contributed by atoms with Crippen molar-refractivity contribution in [3.05, 3.63) is 108 Å². The van der Waals surface area contributed by atoms with Gasteiger partial charge in [0.1, 0.15) is 21.7 Å². The van der Waals surface area contributed by atoms with Crippen LogP contribution in [0.5, 0.6) is 0 Å². The number of rotatable bonds is 6. The number of H-pyrrole nitrogens is 1. The predicted molar refractivity (Wildman–Crippen MR) is 154 cm³/mol. The minimum Gasteiger partial charge on any atom is -0.510 e. The number of aromatic nitrogens is 2. The van der Waals surface area contributed by atoms with Crippen LogP contribution in [0.3, 0.4) is 0 Å². The van der Waals surface area contributed by atoms with Gasteiger partial charge in [-0.25, -0.2) is 4.98 Å². The van der Waals surface area contributed by atoms with Crippen molar-refractivity contribution in [1.82, 2.24) is 19.8 Å². The number of fused-ring (bicyclic) bond motifs is 1. The van der Waals surface area contributed by atoms with E-state index in [1.165, 1.54) is 22.9 Å². The van der Waals surface area contributed by atoms with Gasteiger partial charge in [-0.05, 0) is 23.3 Å². The SMILES string of the molecule is N#C/C(=C(\O)CSC(=S)N1CCN(C(c2ccccc2)c2ccccc2)CC1)c1nc2ccccc2[nH]1. The maximum atomic E-state index is 10.7. The summed E-state index contributed by atoms with van der Waals surface area (Å²) in [6.07, 6.45) is 0. The highest BCUT2D eigenvalue weighted by Crippen LogP contribution is 2.30. The van der Waals surface area contributed by atoms with Crippen LogP contribution in [0.15, 0.2) is 90.7 Å². The Hall–Kier alpha value is -3.64. The second-order valence-corrected chi connectivity index (χ2v) is 10.4. The fourth-order valence-electron chi connectivity index (χ4n) is 4.67. The van der Waals surface area contributed by atoms with Gasteiger partial charge in [-0.2, -0.15) is 5.26 Å². The van der Waals surface area contributed by atoms with Gasteiger partial charge in [0.25, 0.3) is 0 Å². The van der Waals surface area contributed by atoms with Gasteiger partial charge in [0.15, 0.2) is 5.82 Å². The second-order valence-electron chi connectivity index (χ2n) is 8.84. The van der Waals surface area contributed by atoms with Crippen LogP contribution in [0.4, 0.5) is 0 Å². The molecule has 1 aromatic heterocycles. The first kappa shape index (κ1) is 25.0. The molecule has 0 spiro atoms. The summed E-state index contributed by atoms with van der Waals surface area (Å²) in [7, 11) is 0. The number of thioether (sulfide) groups is 1. The van der Waals surface area contributed by atoms with Crippen LogP contribution in [0.25, 0.3) is 16.6 Å². The molecule has 0 unspecified atom stereocenters. The zero-order valence-corrected chi connectivity index (χ0v) is 21.9. The minimum absolute atomic E-state index is 0.0271. The Morgan fingerprint density at radius 3 is 2.14 bits per heavy atom. The van der Waals surface area contributed by atoms with Gasteiger partial charge in [0.2, 0.25) is 0 Å². The first-order valence-corrected chi connectivity index (χ1v) is 13.6. The minimum atomic E-state index is -0.0271. The number of hydrogen-bond acceptors (Lipinski definition) is 6. The number of benzene rings is 3. The van der Waals surface area contributed by atoms with Gasteiger partial charge in [0, 0.05) is 26.2 Å². The second kappa shape index (κ2) is 11.6. The molecule has 2 heterocycles. The van der Waals surface area contributed by atoms with Crippen LogP contribution in [0.2, 0.25) is 0 Å². The van der Waals surface area contributed by atoms with Crippen molar-refractivity contribution in [2.75, 3.05) is 31.9 Å². The Morgan fingerprint density at radius 2 is 1.54 bits per heavy atom. The van der Waals surface area contributed by atoms with Gasteiger partial charge >= 0.3 is 0 Å². The molecule has 0 saturated carbocycles. The summed E-state index contributed by atoms with van der Waals surface area (Å²) in [6.45, 7) is 3.36. The maximum Gasteiger partial charge on any atom is 0.152 e. The predicted octanol–water partition coefficient (Wildman–Crippen LogP) is 5.78. The van der Waals surface area contributed by atoms with Gasteiger partial charge in [0.05, 0.1) is 22.8 Å². The lowest BCUT2D eigenvalue weighted by Crippen LogP contribution is -2.48. The summed E-state index contributed by atoms with van der Waals surface area (Å²) in [5.74, 6) is 0.560. The normalized spacial score (nSPS) is 15.0. The van der Waals surface area contributed by atoms with E-state index < -0.39 is 0 Å². The summed E-state index contributed by atoms with van der Waals surface area (Å²) in [6, 6.07) is 31.0. The number of thiocarbonyl (C=S) groups is 1. The summed E-state index contributed by atoms with van der Waals surface area (Å²) in [4.78, 5) is 12.2. The molecule has 1 aliphatic heterocycles. The number of nitrogens with zero attached hydrogens (tertiary/aromatic N) is 4. The molecular weight excluding hydrogens is 498 g/mol. The average Bonchev–Trinajstić information content (AvgIpc) is 3.38. The topological polar surface area (TPSA) is 79.2 Å². The van der Waals surface area contributed by atoms with Crippen molar-refractivity contribution in [2.24, 2.45) is 0 Å². The zero-order chi connectivity index (χ0) is 25.6. The lowest BCUT2D eigenvalue weighted by molar-refractivity contribution is 0.153. The number of imidazole rings is 1. The molecule has 4 aromatic rings. The van der Waals surface area contributed by atoms with E-state index >= 15 is 0 Å². The average molecular weight is 526 g/mol. The number of hydrogen-bond donors (Lipinski definition) is 2. The Labute approximate surface area is 226 Å². The fraction of sp³-hybridized carbons (Fsp3) is 0.207. The van der Waals surface area contributed by atoms with Crippen molar-refractivity contribution < 1.29 is 5.11 Å². The molecule has 186 valence electrons. The monoisotopic (exact) mass is 525 g/mol. The van der Waals surface area contributed by atoms with Crippen LogP contribution < -0.4 is 0 Å². The van der Waals surface area contributed by atoms with Crippen LogP contribution in [-0.2, 0) is 0 Å². The quantitative estimate of drug-likeness (QED) is 0.188. The van der Waals surface area contributed by atoms with E-state index in [-0.39, 0.29) is 23.1 Å². The molecule has 1 fully saturated rings. The molecule has 8 heteroatoms. The van der Waals surface area contributed by atoms with E-state index in [4.69, 9.17) is 12.2 Å². The summed E-state index contributed by atoms with van der Waals surface area (Å²) in [5, 5.41) is 20.4. The van der Waals surface area contributed by atoms with Crippen LogP contribution in [0.1, 0.15) is 23.0 Å². The number of aromatic amines is 1. The third kappa shape index (κ3) is 5.70. The van der Waals surface area contributed by atoms with E-state index in [0.29, 0.717) is 5.82 Å². The summed E-state index contributed by atoms with van der Waals surface area (Å²) < 4.78 is 0.726. The van der Waals surface area contributed by atoms with E-state index in [1.54, 1.807) is 0 Å². The molecule has 5 rings (SSSR count). The molecule has 0 radical (unpaired) electrons. The van der Waals surface area contributed by atoms with Crippen LogP contribution in [-0.4, -0.2) is 61.1 Å². The van der Waals surface area contributed by atoms with Crippen LogP contribution in [0, 0.1) is 11.3 Å². The largest absolute Gasteiger partial charge is 0.510 e. The maximum absolute atomic E-state index is 10.7. The van der Waals surface area contributed by atoms with Crippen molar-refractivity contribution in [3.8, 4) is 6.07 Å². The van der Waals surface area contributed by atoms with Gasteiger partial charge in [-0.3, -0.25) is 4.90 Å². The summed E-state index contributed by atoms with van der Waals surface area (Å²) >= 11 is 7.08. The molecule has 0 atom stereocenters. The smallest absolute Gasteiger partial charge is 0.152 e. The Morgan fingerprint density at radius 1 is 0.946 bits per heavy atom. The van der Waals surface area contributed by atoms with Crippen molar-refractivity contribution in [1.29, 1.82) is 5.26 Å². The number of aliphatic hydroxyl groups is 1. The van der Waals surface area contributed by atoms with Crippen LogP contribution >= 0.6 is 24.0 Å². The molecule has 6 nitrogen and oxygen atoms in total. The molecular formula is C29H27N5OS2. The molecule has 3 aromatic carbocycles. The van der Waals surface area contributed by atoms with E-state index in [0.717, 1.165) is 41.5 Å². The van der Waals surface area contributed by atoms with Crippen molar-refractivity contribution >= 4 is 44.9 Å². The zero-order valence-electron chi connectivity index (χ0n) is 20.2. The van der Waals surface area contributed by atoms with E-state index in [9.17, 15) is 10.4 Å². The number of piperazine rings is 1. The number of nitriles is 1. The van der Waals surface area contributed by atoms with Gasteiger partial charge in [-0.1, -0.05) is 96.8 Å². The third-order valence-electron chi connectivity index (χ3n) is 6.53. The first-order valence-electron chi connectivity index (χ1n) is 12.2. The Bertz CT molecular complexity index is 1360.